The van der Waals surface area contributed by atoms with Gasteiger partial charge in [0.25, 0.3) is 0 Å². The van der Waals surface area contributed by atoms with Crippen molar-refractivity contribution in [1.82, 2.24) is 4.90 Å². The third kappa shape index (κ3) is 3.76. The largest absolute Gasteiger partial charge is 0.399 e. The SMILES string of the molecule is CCN(C(=O)CSc1cc(N)cc(F)c1)C1=CCCC1. The Labute approximate surface area is 123 Å². The van der Waals surface area contributed by atoms with E-state index in [1.165, 1.54) is 23.9 Å². The molecule has 0 aromatic heterocycles. The first-order chi connectivity index (χ1) is 9.60. The average Bonchev–Trinajstić information content (AvgIpc) is 2.90. The van der Waals surface area contributed by atoms with Crippen LogP contribution in [-0.4, -0.2) is 23.1 Å². The minimum Gasteiger partial charge on any atom is -0.399 e. The predicted octanol–water partition coefficient (Wildman–Crippen LogP) is 3.42. The van der Waals surface area contributed by atoms with Crippen molar-refractivity contribution in [2.24, 2.45) is 0 Å². The summed E-state index contributed by atoms with van der Waals surface area (Å²) in [6.07, 6.45) is 5.27. The second-order valence-corrected chi connectivity index (χ2v) is 5.78. The van der Waals surface area contributed by atoms with E-state index in [1.54, 1.807) is 6.07 Å². The van der Waals surface area contributed by atoms with Crippen LogP contribution in [0.15, 0.2) is 34.9 Å². The molecule has 1 aromatic carbocycles. The summed E-state index contributed by atoms with van der Waals surface area (Å²) >= 11 is 1.32. The summed E-state index contributed by atoms with van der Waals surface area (Å²) in [6.45, 7) is 2.65. The van der Waals surface area contributed by atoms with Gasteiger partial charge in [-0.25, -0.2) is 4.39 Å². The Morgan fingerprint density at radius 3 is 2.85 bits per heavy atom. The lowest BCUT2D eigenvalue weighted by molar-refractivity contribution is -0.126. The van der Waals surface area contributed by atoms with Gasteiger partial charge in [0.1, 0.15) is 5.82 Å². The molecule has 0 radical (unpaired) electrons. The number of hydrogen-bond donors (Lipinski definition) is 1. The number of nitrogens with two attached hydrogens (primary N) is 1. The number of carbonyl (C=O) groups excluding carboxylic acids is 1. The number of thioether (sulfide) groups is 1. The molecular formula is C15H19FN2OS. The lowest BCUT2D eigenvalue weighted by Gasteiger charge is -2.22. The van der Waals surface area contributed by atoms with E-state index in [-0.39, 0.29) is 11.7 Å². The van der Waals surface area contributed by atoms with Crippen LogP contribution in [0.2, 0.25) is 0 Å². The van der Waals surface area contributed by atoms with Crippen LogP contribution in [0.5, 0.6) is 0 Å². The first kappa shape index (κ1) is 14.9. The van der Waals surface area contributed by atoms with E-state index in [0.29, 0.717) is 22.9 Å². The molecule has 2 N–H and O–H groups in total. The molecule has 20 heavy (non-hydrogen) atoms. The van der Waals surface area contributed by atoms with E-state index in [0.717, 1.165) is 25.0 Å². The Balaban J connectivity index is 1.96. The zero-order valence-electron chi connectivity index (χ0n) is 11.6. The van der Waals surface area contributed by atoms with Gasteiger partial charge in [-0.3, -0.25) is 4.79 Å². The Kier molecular flexibility index (Phi) is 5.06. The molecule has 3 nitrogen and oxygen atoms in total. The zero-order chi connectivity index (χ0) is 14.5. The second kappa shape index (κ2) is 6.79. The summed E-state index contributed by atoms with van der Waals surface area (Å²) in [5.41, 5.74) is 7.10. The second-order valence-electron chi connectivity index (χ2n) is 4.73. The third-order valence-electron chi connectivity index (χ3n) is 3.24. The van der Waals surface area contributed by atoms with Crippen LogP contribution in [0.1, 0.15) is 26.2 Å². The van der Waals surface area contributed by atoms with Gasteiger partial charge in [-0.1, -0.05) is 6.08 Å². The fraction of sp³-hybridized carbons (Fsp3) is 0.400. The number of allylic oxidation sites excluding steroid dienone is 2. The van der Waals surface area contributed by atoms with E-state index in [1.807, 2.05) is 11.8 Å². The van der Waals surface area contributed by atoms with Crippen molar-refractivity contribution < 1.29 is 9.18 Å². The molecule has 1 amide bonds. The van der Waals surface area contributed by atoms with Gasteiger partial charge in [-0.2, -0.15) is 0 Å². The van der Waals surface area contributed by atoms with Crippen LogP contribution in [0.4, 0.5) is 10.1 Å². The van der Waals surface area contributed by atoms with Gasteiger partial charge in [0, 0.05) is 22.8 Å². The highest BCUT2D eigenvalue weighted by molar-refractivity contribution is 8.00. The van der Waals surface area contributed by atoms with Crippen molar-refractivity contribution in [3.8, 4) is 0 Å². The van der Waals surface area contributed by atoms with E-state index in [2.05, 4.69) is 6.08 Å². The van der Waals surface area contributed by atoms with E-state index < -0.39 is 0 Å². The number of hydrogen-bond acceptors (Lipinski definition) is 3. The van der Waals surface area contributed by atoms with Crippen molar-refractivity contribution in [2.75, 3.05) is 18.0 Å². The molecule has 1 aromatic rings. The number of amides is 1. The molecular weight excluding hydrogens is 275 g/mol. The monoisotopic (exact) mass is 294 g/mol. The Hall–Kier alpha value is -1.49. The summed E-state index contributed by atoms with van der Waals surface area (Å²) in [7, 11) is 0. The molecule has 0 saturated carbocycles. The molecule has 0 fully saturated rings. The lowest BCUT2D eigenvalue weighted by atomic mass is 10.3. The summed E-state index contributed by atoms with van der Waals surface area (Å²) in [5.74, 6) is -0.00655. The molecule has 0 unspecified atom stereocenters. The number of rotatable bonds is 5. The normalized spacial score (nSPS) is 14.2. The van der Waals surface area contributed by atoms with E-state index in [4.69, 9.17) is 5.73 Å². The number of benzene rings is 1. The van der Waals surface area contributed by atoms with E-state index >= 15 is 0 Å². The highest BCUT2D eigenvalue weighted by atomic mass is 32.2. The Morgan fingerprint density at radius 2 is 2.25 bits per heavy atom. The lowest BCUT2D eigenvalue weighted by Crippen LogP contribution is -2.31. The summed E-state index contributed by atoms with van der Waals surface area (Å²) in [4.78, 5) is 14.8. The van der Waals surface area contributed by atoms with Gasteiger partial charge in [-0.15, -0.1) is 11.8 Å². The minimum absolute atomic E-state index is 0.0634. The molecule has 2 rings (SSSR count). The molecule has 108 valence electrons. The summed E-state index contributed by atoms with van der Waals surface area (Å²) in [6, 6.07) is 4.36. The maximum atomic E-state index is 13.2. The highest BCUT2D eigenvalue weighted by Crippen LogP contribution is 2.25. The third-order valence-corrected chi connectivity index (χ3v) is 4.20. The molecule has 0 saturated heterocycles. The number of nitrogens with zero attached hydrogens (tertiary/aromatic N) is 1. The molecule has 1 aliphatic rings. The number of carbonyl (C=O) groups is 1. The first-order valence-corrected chi connectivity index (χ1v) is 7.77. The quantitative estimate of drug-likeness (QED) is 0.668. The van der Waals surface area contributed by atoms with Gasteiger partial charge in [0.15, 0.2) is 0 Å². The molecule has 1 aliphatic carbocycles. The maximum Gasteiger partial charge on any atom is 0.237 e. The molecule has 0 heterocycles. The number of nitrogen functional groups attached to an aromatic ring is 1. The molecule has 0 spiro atoms. The number of anilines is 1. The fourth-order valence-electron chi connectivity index (χ4n) is 2.33. The zero-order valence-corrected chi connectivity index (χ0v) is 12.4. The number of halogens is 1. The maximum absolute atomic E-state index is 13.2. The Bertz CT molecular complexity index is 510. The van der Waals surface area contributed by atoms with Crippen molar-refractivity contribution in [1.29, 1.82) is 0 Å². The van der Waals surface area contributed by atoms with Crippen LogP contribution in [0.25, 0.3) is 0 Å². The molecule has 5 heteroatoms. The van der Waals surface area contributed by atoms with Gasteiger partial charge in [0.05, 0.1) is 5.75 Å². The van der Waals surface area contributed by atoms with Crippen molar-refractivity contribution in [3.63, 3.8) is 0 Å². The van der Waals surface area contributed by atoms with Crippen LogP contribution >= 0.6 is 11.8 Å². The van der Waals surface area contributed by atoms with Gasteiger partial charge >= 0.3 is 0 Å². The molecule has 0 atom stereocenters. The van der Waals surface area contributed by atoms with Gasteiger partial charge < -0.3 is 10.6 Å². The summed E-state index contributed by atoms with van der Waals surface area (Å²) in [5, 5.41) is 0. The van der Waals surface area contributed by atoms with Crippen LogP contribution in [0.3, 0.4) is 0 Å². The van der Waals surface area contributed by atoms with Crippen LogP contribution in [0, 0.1) is 5.82 Å². The smallest absolute Gasteiger partial charge is 0.237 e. The Morgan fingerprint density at radius 1 is 1.45 bits per heavy atom. The van der Waals surface area contributed by atoms with Crippen LogP contribution in [-0.2, 0) is 4.79 Å². The predicted molar refractivity (Wildman–Crippen MR) is 80.9 cm³/mol. The van der Waals surface area contributed by atoms with Gasteiger partial charge in [0.2, 0.25) is 5.91 Å². The average molecular weight is 294 g/mol. The standard InChI is InChI=1S/C15H19FN2OS/c1-2-18(13-5-3-4-6-13)15(19)10-20-14-8-11(16)7-12(17)9-14/h5,7-9H,2-4,6,10,17H2,1H3. The molecule has 0 bridgehead atoms. The highest BCUT2D eigenvalue weighted by Gasteiger charge is 2.18. The van der Waals surface area contributed by atoms with Crippen molar-refractivity contribution >= 4 is 23.4 Å². The molecule has 0 aliphatic heterocycles. The fourth-order valence-corrected chi connectivity index (χ4v) is 3.19. The first-order valence-electron chi connectivity index (χ1n) is 6.78. The van der Waals surface area contributed by atoms with E-state index in [9.17, 15) is 9.18 Å². The van der Waals surface area contributed by atoms with Crippen molar-refractivity contribution in [2.45, 2.75) is 31.1 Å². The van der Waals surface area contributed by atoms with Crippen molar-refractivity contribution in [3.05, 3.63) is 35.8 Å². The topological polar surface area (TPSA) is 46.3 Å². The van der Waals surface area contributed by atoms with Gasteiger partial charge in [-0.05, 0) is 44.4 Å². The minimum atomic E-state index is -0.370. The van der Waals surface area contributed by atoms with Crippen LogP contribution < -0.4 is 5.73 Å². The summed E-state index contributed by atoms with van der Waals surface area (Å²) < 4.78 is 13.2.